The van der Waals surface area contributed by atoms with Crippen LogP contribution in [0.25, 0.3) is 10.9 Å². The number of nitrogens with zero attached hydrogens (tertiary/aromatic N) is 3. The van der Waals surface area contributed by atoms with Gasteiger partial charge in [-0.25, -0.2) is 0 Å². The Balaban J connectivity index is 1.84. The van der Waals surface area contributed by atoms with Crippen LogP contribution in [0.3, 0.4) is 0 Å². The Morgan fingerprint density at radius 3 is 2.58 bits per heavy atom. The van der Waals surface area contributed by atoms with Gasteiger partial charge in [0.15, 0.2) is 0 Å². The number of aromatic amines is 1. The molecule has 0 bridgehead atoms. The number of benzene rings is 1. The van der Waals surface area contributed by atoms with Gasteiger partial charge in [-0.2, -0.15) is 0 Å². The SMILES string of the molecule is Cc1[nH]c2ccccc2c1C(c1cccnc1)N1CCN(C)CC1. The van der Waals surface area contributed by atoms with Crippen molar-refractivity contribution in [1.29, 1.82) is 0 Å². The lowest BCUT2D eigenvalue weighted by atomic mass is 9.95. The first-order valence-electron chi connectivity index (χ1n) is 8.64. The molecule has 1 fully saturated rings. The topological polar surface area (TPSA) is 35.2 Å². The van der Waals surface area contributed by atoms with E-state index < -0.39 is 0 Å². The van der Waals surface area contributed by atoms with Crippen molar-refractivity contribution in [3.05, 3.63) is 65.6 Å². The van der Waals surface area contributed by atoms with Crippen LogP contribution < -0.4 is 0 Å². The standard InChI is InChI=1S/C20H24N4/c1-15-19(17-7-3-4-8-18(17)22-15)20(16-6-5-9-21-14-16)24-12-10-23(2)11-13-24/h3-9,14,20,22H,10-13H2,1-2H3. The maximum absolute atomic E-state index is 4.39. The summed E-state index contributed by atoms with van der Waals surface area (Å²) in [6.45, 7) is 6.56. The van der Waals surface area contributed by atoms with Crippen LogP contribution in [0.5, 0.6) is 0 Å². The number of likely N-dealkylation sites (N-methyl/N-ethyl adjacent to an activating group) is 1. The zero-order chi connectivity index (χ0) is 16.5. The van der Waals surface area contributed by atoms with E-state index in [-0.39, 0.29) is 6.04 Å². The molecule has 2 aromatic heterocycles. The molecule has 0 aliphatic carbocycles. The van der Waals surface area contributed by atoms with Gasteiger partial charge in [-0.3, -0.25) is 9.88 Å². The van der Waals surface area contributed by atoms with E-state index in [0.29, 0.717) is 0 Å². The van der Waals surface area contributed by atoms with Crippen molar-refractivity contribution in [1.82, 2.24) is 19.8 Å². The lowest BCUT2D eigenvalue weighted by molar-refractivity contribution is 0.127. The lowest BCUT2D eigenvalue weighted by Gasteiger charge is -2.38. The van der Waals surface area contributed by atoms with E-state index in [9.17, 15) is 0 Å². The normalized spacial score (nSPS) is 18.1. The predicted molar refractivity (Wildman–Crippen MR) is 98.2 cm³/mol. The van der Waals surface area contributed by atoms with Crippen LogP contribution in [0.2, 0.25) is 0 Å². The van der Waals surface area contributed by atoms with Crippen LogP contribution in [0.15, 0.2) is 48.8 Å². The van der Waals surface area contributed by atoms with Gasteiger partial charge in [0.25, 0.3) is 0 Å². The zero-order valence-corrected chi connectivity index (χ0v) is 14.4. The molecule has 124 valence electrons. The predicted octanol–water partition coefficient (Wildman–Crippen LogP) is 3.21. The highest BCUT2D eigenvalue weighted by atomic mass is 15.3. The van der Waals surface area contributed by atoms with Gasteiger partial charge in [-0.05, 0) is 31.7 Å². The molecule has 0 spiro atoms. The molecule has 4 nitrogen and oxygen atoms in total. The van der Waals surface area contributed by atoms with Gasteiger partial charge in [0.2, 0.25) is 0 Å². The Morgan fingerprint density at radius 1 is 1.04 bits per heavy atom. The summed E-state index contributed by atoms with van der Waals surface area (Å²) in [6, 6.07) is 13.1. The van der Waals surface area contributed by atoms with Crippen LogP contribution in [0, 0.1) is 6.92 Å². The minimum absolute atomic E-state index is 0.253. The fraction of sp³-hybridized carbons (Fsp3) is 0.350. The Kier molecular flexibility index (Phi) is 4.08. The molecule has 24 heavy (non-hydrogen) atoms. The highest BCUT2D eigenvalue weighted by molar-refractivity contribution is 5.85. The molecular formula is C20H24N4. The number of fused-ring (bicyclic) bond motifs is 1. The monoisotopic (exact) mass is 320 g/mol. The Labute approximate surface area is 143 Å². The number of pyridine rings is 1. The van der Waals surface area contributed by atoms with Crippen LogP contribution in [0.1, 0.15) is 22.9 Å². The number of nitrogens with one attached hydrogen (secondary N) is 1. The van der Waals surface area contributed by atoms with Gasteiger partial charge in [0, 0.05) is 60.7 Å². The van der Waals surface area contributed by atoms with Crippen molar-refractivity contribution >= 4 is 10.9 Å². The summed E-state index contributed by atoms with van der Waals surface area (Å²) in [5.41, 5.74) is 5.13. The van der Waals surface area contributed by atoms with Crippen molar-refractivity contribution in [2.24, 2.45) is 0 Å². The molecule has 1 saturated heterocycles. The average Bonchev–Trinajstić information content (AvgIpc) is 2.94. The highest BCUT2D eigenvalue weighted by Crippen LogP contribution is 2.36. The first-order chi connectivity index (χ1) is 11.7. The Hall–Kier alpha value is -2.17. The summed E-state index contributed by atoms with van der Waals surface area (Å²) in [6.07, 6.45) is 3.87. The fourth-order valence-electron chi connectivity index (χ4n) is 3.83. The van der Waals surface area contributed by atoms with Crippen LogP contribution in [-0.2, 0) is 0 Å². The third kappa shape index (κ3) is 2.72. The maximum Gasteiger partial charge on any atom is 0.0641 e. The smallest absolute Gasteiger partial charge is 0.0641 e. The molecule has 0 radical (unpaired) electrons. The first-order valence-corrected chi connectivity index (χ1v) is 8.64. The van der Waals surface area contributed by atoms with E-state index in [2.05, 4.69) is 64.1 Å². The Morgan fingerprint density at radius 2 is 1.83 bits per heavy atom. The van der Waals surface area contributed by atoms with Crippen molar-refractivity contribution in [2.45, 2.75) is 13.0 Å². The molecule has 4 heteroatoms. The number of piperazine rings is 1. The number of H-pyrrole nitrogens is 1. The number of rotatable bonds is 3. The largest absolute Gasteiger partial charge is 0.358 e. The van der Waals surface area contributed by atoms with E-state index in [0.717, 1.165) is 26.2 Å². The van der Waals surface area contributed by atoms with E-state index in [1.54, 1.807) is 0 Å². The van der Waals surface area contributed by atoms with Crippen molar-refractivity contribution in [3.8, 4) is 0 Å². The van der Waals surface area contributed by atoms with Crippen LogP contribution in [-0.4, -0.2) is 53.0 Å². The molecule has 1 aliphatic heterocycles. The van der Waals surface area contributed by atoms with Gasteiger partial charge < -0.3 is 9.88 Å². The number of para-hydroxylation sites is 1. The molecule has 1 aromatic carbocycles. The zero-order valence-electron chi connectivity index (χ0n) is 14.4. The number of hydrogen-bond donors (Lipinski definition) is 1. The third-order valence-electron chi connectivity index (χ3n) is 5.12. The van der Waals surface area contributed by atoms with Gasteiger partial charge >= 0.3 is 0 Å². The van der Waals surface area contributed by atoms with Gasteiger partial charge in [0.1, 0.15) is 0 Å². The minimum Gasteiger partial charge on any atom is -0.358 e. The van der Waals surface area contributed by atoms with E-state index in [4.69, 9.17) is 0 Å². The summed E-state index contributed by atoms with van der Waals surface area (Å²) in [7, 11) is 2.20. The van der Waals surface area contributed by atoms with Crippen LogP contribution in [0.4, 0.5) is 0 Å². The van der Waals surface area contributed by atoms with Crippen molar-refractivity contribution in [3.63, 3.8) is 0 Å². The maximum atomic E-state index is 4.39. The summed E-state index contributed by atoms with van der Waals surface area (Å²) in [5.74, 6) is 0. The van der Waals surface area contributed by atoms with Gasteiger partial charge in [-0.15, -0.1) is 0 Å². The molecule has 3 aromatic rings. The van der Waals surface area contributed by atoms with Crippen molar-refractivity contribution in [2.75, 3.05) is 33.2 Å². The molecule has 1 N–H and O–H groups in total. The van der Waals surface area contributed by atoms with E-state index in [1.165, 1.54) is 27.7 Å². The summed E-state index contributed by atoms with van der Waals surface area (Å²) in [4.78, 5) is 13.0. The lowest BCUT2D eigenvalue weighted by Crippen LogP contribution is -2.46. The van der Waals surface area contributed by atoms with Gasteiger partial charge in [0.05, 0.1) is 6.04 Å². The number of aryl methyl sites for hydroxylation is 1. The highest BCUT2D eigenvalue weighted by Gasteiger charge is 2.28. The molecule has 4 rings (SSSR count). The van der Waals surface area contributed by atoms with Crippen LogP contribution >= 0.6 is 0 Å². The second kappa shape index (κ2) is 6.38. The summed E-state index contributed by atoms with van der Waals surface area (Å²) >= 11 is 0. The molecule has 1 unspecified atom stereocenters. The quantitative estimate of drug-likeness (QED) is 0.805. The molecule has 0 amide bonds. The summed E-state index contributed by atoms with van der Waals surface area (Å²) < 4.78 is 0. The molecule has 0 saturated carbocycles. The second-order valence-corrected chi connectivity index (χ2v) is 6.74. The van der Waals surface area contributed by atoms with E-state index >= 15 is 0 Å². The molecule has 3 heterocycles. The third-order valence-corrected chi connectivity index (χ3v) is 5.12. The first kappa shape index (κ1) is 15.4. The van der Waals surface area contributed by atoms with Gasteiger partial charge in [-0.1, -0.05) is 24.3 Å². The number of hydrogen-bond acceptors (Lipinski definition) is 3. The second-order valence-electron chi connectivity index (χ2n) is 6.74. The molecule has 1 atom stereocenters. The Bertz CT molecular complexity index is 816. The summed E-state index contributed by atoms with van der Waals surface area (Å²) in [5, 5.41) is 1.32. The molecular weight excluding hydrogens is 296 g/mol. The van der Waals surface area contributed by atoms with E-state index in [1.807, 2.05) is 18.5 Å². The fourth-order valence-corrected chi connectivity index (χ4v) is 3.83. The molecule has 1 aliphatic rings. The van der Waals surface area contributed by atoms with Crippen molar-refractivity contribution < 1.29 is 0 Å². The number of aromatic nitrogens is 2. The average molecular weight is 320 g/mol. The minimum atomic E-state index is 0.253.